The molecule has 0 unspecified atom stereocenters. The first-order chi connectivity index (χ1) is 12.7. The number of nitrogens with zero attached hydrogens (tertiary/aromatic N) is 2. The van der Waals surface area contributed by atoms with E-state index in [9.17, 15) is 4.79 Å². The maximum Gasteiger partial charge on any atom is 0.231 e. The van der Waals surface area contributed by atoms with E-state index in [0.29, 0.717) is 12.3 Å². The van der Waals surface area contributed by atoms with Gasteiger partial charge in [-0.2, -0.15) is 0 Å². The van der Waals surface area contributed by atoms with E-state index in [1.165, 1.54) is 16.7 Å². The van der Waals surface area contributed by atoms with E-state index in [0.717, 1.165) is 43.4 Å². The second-order valence-electron chi connectivity index (χ2n) is 7.23. The van der Waals surface area contributed by atoms with Crippen LogP contribution in [0.4, 0.5) is 0 Å². The van der Waals surface area contributed by atoms with Gasteiger partial charge in [-0.3, -0.25) is 14.3 Å². The van der Waals surface area contributed by atoms with Crippen molar-refractivity contribution in [2.24, 2.45) is 0 Å². The summed E-state index contributed by atoms with van der Waals surface area (Å²) in [5.74, 6) is 0.628. The highest BCUT2D eigenvalue weighted by atomic mass is 16.2. The minimum atomic E-state index is 0.142. The molecule has 0 saturated carbocycles. The summed E-state index contributed by atoms with van der Waals surface area (Å²) >= 11 is 0. The summed E-state index contributed by atoms with van der Waals surface area (Å²) in [5.41, 5.74) is 5.61. The monoisotopic (exact) mass is 347 g/mol. The molecular weight excluding hydrogens is 322 g/mol. The van der Waals surface area contributed by atoms with Gasteiger partial charge in [0.15, 0.2) is 0 Å². The Hall–Kier alpha value is -2.46. The molecule has 1 aliphatic heterocycles. The Bertz CT molecular complexity index is 905. The lowest BCUT2D eigenvalue weighted by molar-refractivity contribution is 0.0908. The molecule has 4 nitrogen and oxygen atoms in total. The number of benzene rings is 1. The number of nitrogens with one attached hydrogen (secondary N) is 1. The largest absolute Gasteiger partial charge is 0.317 e. The maximum absolute atomic E-state index is 12.9. The number of aryl methyl sites for hydroxylation is 2. The van der Waals surface area contributed by atoms with Crippen molar-refractivity contribution < 1.29 is 4.79 Å². The van der Waals surface area contributed by atoms with Crippen LogP contribution in [-0.2, 0) is 6.42 Å². The van der Waals surface area contributed by atoms with Gasteiger partial charge in [0.05, 0.1) is 11.0 Å². The van der Waals surface area contributed by atoms with E-state index in [1.807, 2.05) is 29.1 Å². The number of aromatic nitrogens is 2. The molecule has 0 radical (unpaired) electrons. The van der Waals surface area contributed by atoms with Crippen molar-refractivity contribution in [1.82, 2.24) is 14.9 Å². The topological polar surface area (TPSA) is 46.9 Å². The summed E-state index contributed by atoms with van der Waals surface area (Å²) in [4.78, 5) is 17.5. The van der Waals surface area contributed by atoms with Gasteiger partial charge in [-0.1, -0.05) is 29.8 Å². The molecule has 1 fully saturated rings. The van der Waals surface area contributed by atoms with Crippen molar-refractivity contribution in [3.05, 3.63) is 65.5 Å². The molecule has 134 valence electrons. The summed E-state index contributed by atoms with van der Waals surface area (Å²) in [7, 11) is 0. The second-order valence-corrected chi connectivity index (χ2v) is 7.23. The van der Waals surface area contributed by atoms with Crippen LogP contribution in [0.5, 0.6) is 0 Å². The number of carbonyl (C=O) groups is 1. The second kappa shape index (κ2) is 7.42. The molecule has 1 aliphatic rings. The predicted molar refractivity (Wildman–Crippen MR) is 105 cm³/mol. The van der Waals surface area contributed by atoms with E-state index in [2.05, 4.69) is 41.5 Å². The van der Waals surface area contributed by atoms with Crippen molar-refractivity contribution in [1.29, 1.82) is 0 Å². The Morgan fingerprint density at radius 3 is 2.73 bits per heavy atom. The molecule has 1 saturated heterocycles. The molecule has 0 spiro atoms. The molecule has 0 amide bonds. The maximum atomic E-state index is 12.9. The van der Waals surface area contributed by atoms with Crippen molar-refractivity contribution >= 4 is 16.9 Å². The first kappa shape index (κ1) is 17.0. The fourth-order valence-corrected chi connectivity index (χ4v) is 3.85. The molecule has 0 atom stereocenters. The molecule has 4 heteroatoms. The highest BCUT2D eigenvalue weighted by molar-refractivity contribution is 5.92. The number of hydrogen-bond acceptors (Lipinski definition) is 3. The van der Waals surface area contributed by atoms with Gasteiger partial charge < -0.3 is 5.32 Å². The van der Waals surface area contributed by atoms with Crippen LogP contribution in [0.2, 0.25) is 0 Å². The summed E-state index contributed by atoms with van der Waals surface area (Å²) in [6.07, 6.45) is 7.36. The normalized spacial score (nSPS) is 15.4. The van der Waals surface area contributed by atoms with Gasteiger partial charge in [-0.25, -0.2) is 0 Å². The predicted octanol–water partition coefficient (Wildman–Crippen LogP) is 4.08. The SMILES string of the molecule is Cc1ccc(CCC(=O)n2cc(C3CCNCC3)c3ncccc32)cc1. The van der Waals surface area contributed by atoms with E-state index >= 15 is 0 Å². The standard InChI is InChI=1S/C22H25N3O/c1-16-4-6-17(7-5-16)8-9-21(26)25-15-19(18-10-13-23-14-11-18)22-20(25)3-2-12-24-22/h2-7,12,15,18,23H,8-11,13-14H2,1H3. The van der Waals surface area contributed by atoms with Gasteiger partial charge in [0.2, 0.25) is 5.91 Å². The average Bonchev–Trinajstić information content (AvgIpc) is 3.08. The van der Waals surface area contributed by atoms with E-state index in [1.54, 1.807) is 0 Å². The van der Waals surface area contributed by atoms with E-state index in [-0.39, 0.29) is 5.91 Å². The van der Waals surface area contributed by atoms with Crippen LogP contribution >= 0.6 is 0 Å². The van der Waals surface area contributed by atoms with Gasteiger partial charge >= 0.3 is 0 Å². The lowest BCUT2D eigenvalue weighted by atomic mass is 9.91. The molecule has 3 aromatic rings. The van der Waals surface area contributed by atoms with Crippen LogP contribution in [-0.4, -0.2) is 28.5 Å². The molecule has 0 bridgehead atoms. The highest BCUT2D eigenvalue weighted by Gasteiger charge is 2.22. The molecule has 3 heterocycles. The van der Waals surface area contributed by atoms with E-state index < -0.39 is 0 Å². The quantitative estimate of drug-likeness (QED) is 0.773. The molecular formula is C22H25N3O. The fraction of sp³-hybridized carbons (Fsp3) is 0.364. The first-order valence-corrected chi connectivity index (χ1v) is 9.48. The van der Waals surface area contributed by atoms with Gasteiger partial charge in [0.25, 0.3) is 0 Å². The smallest absolute Gasteiger partial charge is 0.231 e. The number of pyridine rings is 1. The first-order valence-electron chi connectivity index (χ1n) is 9.48. The molecule has 2 aromatic heterocycles. The Balaban J connectivity index is 1.59. The lowest BCUT2D eigenvalue weighted by Gasteiger charge is -2.21. The van der Waals surface area contributed by atoms with Crippen LogP contribution in [0.15, 0.2) is 48.8 Å². The molecule has 1 aromatic carbocycles. The molecule has 4 rings (SSSR count). The van der Waals surface area contributed by atoms with Gasteiger partial charge in [-0.15, -0.1) is 0 Å². The van der Waals surface area contributed by atoms with Gasteiger partial charge in [0, 0.05) is 18.8 Å². The van der Waals surface area contributed by atoms with Crippen LogP contribution in [0.3, 0.4) is 0 Å². The third kappa shape index (κ3) is 3.42. The zero-order chi connectivity index (χ0) is 17.9. The minimum Gasteiger partial charge on any atom is -0.317 e. The molecule has 1 N–H and O–H groups in total. The summed E-state index contributed by atoms with van der Waals surface area (Å²) < 4.78 is 1.83. The van der Waals surface area contributed by atoms with Crippen molar-refractivity contribution in [3.63, 3.8) is 0 Å². The Kier molecular flexibility index (Phi) is 4.85. The van der Waals surface area contributed by atoms with Crippen LogP contribution in [0.25, 0.3) is 11.0 Å². The summed E-state index contributed by atoms with van der Waals surface area (Å²) in [6, 6.07) is 12.3. The molecule has 0 aliphatic carbocycles. The average molecular weight is 347 g/mol. The van der Waals surface area contributed by atoms with Crippen molar-refractivity contribution in [3.8, 4) is 0 Å². The number of piperidine rings is 1. The van der Waals surface area contributed by atoms with Gasteiger partial charge in [-0.05, 0) is 68.5 Å². The van der Waals surface area contributed by atoms with Crippen LogP contribution < -0.4 is 5.32 Å². The molecule has 26 heavy (non-hydrogen) atoms. The summed E-state index contributed by atoms with van der Waals surface area (Å²) in [6.45, 7) is 4.15. The fourth-order valence-electron chi connectivity index (χ4n) is 3.85. The minimum absolute atomic E-state index is 0.142. The number of carbonyl (C=O) groups excluding carboxylic acids is 1. The van der Waals surface area contributed by atoms with Crippen molar-refractivity contribution in [2.75, 3.05) is 13.1 Å². The van der Waals surface area contributed by atoms with E-state index in [4.69, 9.17) is 0 Å². The summed E-state index contributed by atoms with van der Waals surface area (Å²) in [5, 5.41) is 3.41. The number of rotatable bonds is 4. The lowest BCUT2D eigenvalue weighted by Crippen LogP contribution is -2.26. The highest BCUT2D eigenvalue weighted by Crippen LogP contribution is 2.32. The number of fused-ring (bicyclic) bond motifs is 1. The Morgan fingerprint density at radius 2 is 1.96 bits per heavy atom. The zero-order valence-electron chi connectivity index (χ0n) is 15.2. The third-order valence-electron chi connectivity index (χ3n) is 5.38. The Morgan fingerprint density at radius 1 is 1.19 bits per heavy atom. The van der Waals surface area contributed by atoms with Crippen LogP contribution in [0, 0.1) is 6.92 Å². The van der Waals surface area contributed by atoms with Crippen LogP contribution in [0.1, 0.15) is 46.7 Å². The third-order valence-corrected chi connectivity index (χ3v) is 5.38. The van der Waals surface area contributed by atoms with Crippen molar-refractivity contribution in [2.45, 2.75) is 38.5 Å². The number of hydrogen-bond donors (Lipinski definition) is 1. The zero-order valence-corrected chi connectivity index (χ0v) is 15.2. The van der Waals surface area contributed by atoms with Gasteiger partial charge in [0.1, 0.15) is 0 Å². The Labute approximate surface area is 154 Å².